The predicted octanol–water partition coefficient (Wildman–Crippen LogP) is 3.85. The van der Waals surface area contributed by atoms with E-state index < -0.39 is 0 Å². The van der Waals surface area contributed by atoms with Gasteiger partial charge in [-0.2, -0.15) is 0 Å². The van der Waals surface area contributed by atoms with Gasteiger partial charge >= 0.3 is 0 Å². The van der Waals surface area contributed by atoms with Crippen LogP contribution in [0.5, 0.6) is 0 Å². The molecule has 1 aromatic heterocycles. The van der Waals surface area contributed by atoms with Gasteiger partial charge in [-0.15, -0.1) is 0 Å². The van der Waals surface area contributed by atoms with Crippen molar-refractivity contribution in [1.29, 1.82) is 0 Å². The number of hydrogen-bond acceptors (Lipinski definition) is 2. The molecular weight excluding hydrogens is 291 g/mol. The zero-order valence-corrected chi connectivity index (χ0v) is 13.3. The van der Waals surface area contributed by atoms with E-state index >= 15 is 0 Å². The molecule has 4 heteroatoms. The van der Waals surface area contributed by atoms with Gasteiger partial charge in [0.05, 0.1) is 0 Å². The van der Waals surface area contributed by atoms with Gasteiger partial charge in [-0.3, -0.25) is 9.78 Å². The van der Waals surface area contributed by atoms with Gasteiger partial charge in [-0.25, -0.2) is 4.39 Å². The maximum atomic E-state index is 13.0. The van der Waals surface area contributed by atoms with Gasteiger partial charge in [-0.05, 0) is 62.4 Å². The second kappa shape index (κ2) is 6.90. The molecule has 0 bridgehead atoms. The Morgan fingerprint density at radius 3 is 2.57 bits per heavy atom. The quantitative estimate of drug-likeness (QED) is 0.859. The van der Waals surface area contributed by atoms with E-state index in [2.05, 4.69) is 11.9 Å². The van der Waals surface area contributed by atoms with E-state index in [0.717, 1.165) is 31.2 Å². The highest BCUT2D eigenvalue weighted by Gasteiger charge is 2.34. The van der Waals surface area contributed by atoms with Gasteiger partial charge in [0, 0.05) is 30.0 Å². The molecule has 1 aliphatic heterocycles. The van der Waals surface area contributed by atoms with E-state index in [1.165, 1.54) is 12.1 Å². The second-order valence-corrected chi connectivity index (χ2v) is 6.19. The van der Waals surface area contributed by atoms with Gasteiger partial charge in [0.15, 0.2) is 0 Å². The fourth-order valence-electron chi connectivity index (χ4n) is 3.35. The number of amides is 1. The highest BCUT2D eigenvalue weighted by Crippen LogP contribution is 2.29. The molecule has 3 rings (SSSR count). The van der Waals surface area contributed by atoms with Crippen molar-refractivity contribution in [3.8, 4) is 0 Å². The molecule has 1 amide bonds. The molecule has 0 aliphatic carbocycles. The fraction of sp³-hybridized carbons (Fsp3) is 0.368. The summed E-state index contributed by atoms with van der Waals surface area (Å²) < 4.78 is 13.0. The summed E-state index contributed by atoms with van der Waals surface area (Å²) in [5.41, 5.74) is 1.81. The van der Waals surface area contributed by atoms with Crippen LogP contribution in [0.3, 0.4) is 0 Å². The van der Waals surface area contributed by atoms with E-state index in [4.69, 9.17) is 0 Å². The maximum absolute atomic E-state index is 13.0. The summed E-state index contributed by atoms with van der Waals surface area (Å²) in [6, 6.07) is 10.7. The number of rotatable bonds is 4. The van der Waals surface area contributed by atoms with Gasteiger partial charge in [0.2, 0.25) is 0 Å². The first-order chi connectivity index (χ1) is 11.1. The minimum Gasteiger partial charge on any atom is -0.333 e. The smallest absolute Gasteiger partial charge is 0.254 e. The van der Waals surface area contributed by atoms with Gasteiger partial charge < -0.3 is 4.90 Å². The Balaban J connectivity index is 1.68. The molecular formula is C19H21FN2O. The SMILES string of the molecule is C[C@@H]1CC[C@H](CCc2ccc(F)cc2)N1C(=O)c1ccncc1. The van der Waals surface area contributed by atoms with Crippen LogP contribution in [-0.4, -0.2) is 27.9 Å². The summed E-state index contributed by atoms with van der Waals surface area (Å²) in [5.74, 6) is -0.126. The molecule has 1 aliphatic rings. The molecule has 1 saturated heterocycles. The van der Waals surface area contributed by atoms with E-state index in [1.807, 2.05) is 17.0 Å². The lowest BCUT2D eigenvalue weighted by Crippen LogP contribution is -2.40. The first kappa shape index (κ1) is 15.7. The summed E-state index contributed by atoms with van der Waals surface area (Å²) in [5, 5.41) is 0. The molecule has 120 valence electrons. The molecule has 0 spiro atoms. The second-order valence-electron chi connectivity index (χ2n) is 6.19. The molecule has 3 nitrogen and oxygen atoms in total. The number of benzene rings is 1. The largest absolute Gasteiger partial charge is 0.333 e. The number of likely N-dealkylation sites (tertiary alicyclic amines) is 1. The minimum absolute atomic E-state index is 0.0847. The molecule has 1 aromatic carbocycles. The first-order valence-electron chi connectivity index (χ1n) is 8.12. The lowest BCUT2D eigenvalue weighted by atomic mass is 10.0. The highest BCUT2D eigenvalue weighted by atomic mass is 19.1. The summed E-state index contributed by atoms with van der Waals surface area (Å²) >= 11 is 0. The molecule has 0 unspecified atom stereocenters. The average molecular weight is 312 g/mol. The molecule has 0 radical (unpaired) electrons. The van der Waals surface area contributed by atoms with E-state index in [1.54, 1.807) is 24.5 Å². The van der Waals surface area contributed by atoms with Crippen LogP contribution in [0, 0.1) is 5.82 Å². The zero-order valence-electron chi connectivity index (χ0n) is 13.3. The third-order valence-electron chi connectivity index (χ3n) is 4.63. The van der Waals surface area contributed by atoms with Gasteiger partial charge in [0.1, 0.15) is 5.82 Å². The monoisotopic (exact) mass is 312 g/mol. The predicted molar refractivity (Wildman–Crippen MR) is 87.6 cm³/mol. The normalized spacial score (nSPS) is 20.7. The first-order valence-corrected chi connectivity index (χ1v) is 8.12. The van der Waals surface area contributed by atoms with Crippen molar-refractivity contribution in [2.75, 3.05) is 0 Å². The molecule has 23 heavy (non-hydrogen) atoms. The van der Waals surface area contributed by atoms with Crippen LogP contribution in [0.25, 0.3) is 0 Å². The lowest BCUT2D eigenvalue weighted by molar-refractivity contribution is 0.0672. The van der Waals surface area contributed by atoms with Crippen molar-refractivity contribution >= 4 is 5.91 Å². The molecule has 1 fully saturated rings. The number of hydrogen-bond donors (Lipinski definition) is 0. The topological polar surface area (TPSA) is 33.2 Å². The van der Waals surface area contributed by atoms with E-state index in [0.29, 0.717) is 5.56 Å². The number of aryl methyl sites for hydroxylation is 1. The Labute approximate surface area is 136 Å². The Hall–Kier alpha value is -2.23. The standard InChI is InChI=1S/C19H21FN2O/c1-14-2-8-18(9-5-15-3-6-17(20)7-4-15)22(14)19(23)16-10-12-21-13-11-16/h3-4,6-7,10-14,18H,2,5,8-9H2,1H3/t14-,18-/m1/s1. The molecule has 0 saturated carbocycles. The zero-order chi connectivity index (χ0) is 16.2. The summed E-state index contributed by atoms with van der Waals surface area (Å²) in [6.45, 7) is 2.11. The highest BCUT2D eigenvalue weighted by molar-refractivity contribution is 5.94. The van der Waals surface area contributed by atoms with Crippen LogP contribution in [0.1, 0.15) is 42.1 Å². The van der Waals surface area contributed by atoms with Crippen molar-refractivity contribution < 1.29 is 9.18 Å². The van der Waals surface area contributed by atoms with Crippen molar-refractivity contribution in [3.05, 3.63) is 65.7 Å². The summed E-state index contributed by atoms with van der Waals surface area (Å²) in [7, 11) is 0. The van der Waals surface area contributed by atoms with Crippen molar-refractivity contribution in [1.82, 2.24) is 9.88 Å². The number of nitrogens with zero attached hydrogens (tertiary/aromatic N) is 2. The third kappa shape index (κ3) is 3.58. The molecule has 2 atom stereocenters. The van der Waals surface area contributed by atoms with Crippen molar-refractivity contribution in [2.45, 2.75) is 44.7 Å². The average Bonchev–Trinajstić information content (AvgIpc) is 2.95. The van der Waals surface area contributed by atoms with Crippen molar-refractivity contribution in [3.63, 3.8) is 0 Å². The molecule has 0 N–H and O–H groups in total. The van der Waals surface area contributed by atoms with Crippen LogP contribution >= 0.6 is 0 Å². The number of carbonyl (C=O) groups excluding carboxylic acids is 1. The fourth-order valence-corrected chi connectivity index (χ4v) is 3.35. The minimum atomic E-state index is -0.210. The molecule has 2 aromatic rings. The number of carbonyl (C=O) groups is 1. The van der Waals surface area contributed by atoms with Crippen LogP contribution < -0.4 is 0 Å². The summed E-state index contributed by atoms with van der Waals surface area (Å²) in [6.07, 6.45) is 7.14. The van der Waals surface area contributed by atoms with E-state index in [-0.39, 0.29) is 23.8 Å². The Kier molecular flexibility index (Phi) is 4.70. The lowest BCUT2D eigenvalue weighted by Gasteiger charge is -2.29. The Morgan fingerprint density at radius 1 is 1.17 bits per heavy atom. The van der Waals surface area contributed by atoms with Crippen LogP contribution in [0.2, 0.25) is 0 Å². The maximum Gasteiger partial charge on any atom is 0.254 e. The van der Waals surface area contributed by atoms with Gasteiger partial charge in [-0.1, -0.05) is 12.1 Å². The summed E-state index contributed by atoms with van der Waals surface area (Å²) in [4.78, 5) is 18.8. The number of pyridine rings is 1. The van der Waals surface area contributed by atoms with E-state index in [9.17, 15) is 9.18 Å². The third-order valence-corrected chi connectivity index (χ3v) is 4.63. The number of halogens is 1. The van der Waals surface area contributed by atoms with Crippen LogP contribution in [-0.2, 0) is 6.42 Å². The Morgan fingerprint density at radius 2 is 1.87 bits per heavy atom. The van der Waals surface area contributed by atoms with Gasteiger partial charge in [0.25, 0.3) is 5.91 Å². The van der Waals surface area contributed by atoms with Crippen LogP contribution in [0.4, 0.5) is 4.39 Å². The number of aromatic nitrogens is 1. The Bertz CT molecular complexity index is 657. The molecule has 2 heterocycles. The van der Waals surface area contributed by atoms with Crippen LogP contribution in [0.15, 0.2) is 48.8 Å². The van der Waals surface area contributed by atoms with Crippen molar-refractivity contribution in [2.24, 2.45) is 0 Å².